The summed E-state index contributed by atoms with van der Waals surface area (Å²) in [5.74, 6) is -1.73. The van der Waals surface area contributed by atoms with Crippen LogP contribution in [0.5, 0.6) is 0 Å². The molecular formula is C27H27F4N5O2. The molecule has 2 aliphatic rings. The molecule has 1 saturated heterocycles. The molecule has 3 unspecified atom stereocenters. The highest BCUT2D eigenvalue weighted by molar-refractivity contribution is 5.89. The fourth-order valence-corrected chi connectivity index (χ4v) is 4.98. The highest BCUT2D eigenvalue weighted by Gasteiger charge is 2.41. The van der Waals surface area contributed by atoms with Gasteiger partial charge in [0.15, 0.2) is 0 Å². The number of hydrogen-bond donors (Lipinski definition) is 1. The number of pyridine rings is 1. The van der Waals surface area contributed by atoms with Crippen molar-refractivity contribution in [1.29, 1.82) is 0 Å². The first-order valence-corrected chi connectivity index (χ1v) is 12.5. The van der Waals surface area contributed by atoms with Crippen molar-refractivity contribution in [2.45, 2.75) is 56.3 Å². The zero-order chi connectivity index (χ0) is 27.0. The van der Waals surface area contributed by atoms with Crippen LogP contribution in [-0.4, -0.2) is 50.2 Å². The van der Waals surface area contributed by atoms with Gasteiger partial charge in [0.2, 0.25) is 17.8 Å². The van der Waals surface area contributed by atoms with Crippen LogP contribution >= 0.6 is 0 Å². The molecule has 1 saturated carbocycles. The molecule has 2 amide bonds. The van der Waals surface area contributed by atoms with Gasteiger partial charge in [0, 0.05) is 30.8 Å². The van der Waals surface area contributed by atoms with E-state index < -0.39 is 54.6 Å². The van der Waals surface area contributed by atoms with Gasteiger partial charge in [0.05, 0.1) is 24.7 Å². The first-order chi connectivity index (χ1) is 18.2. The predicted molar refractivity (Wildman–Crippen MR) is 129 cm³/mol. The summed E-state index contributed by atoms with van der Waals surface area (Å²) in [7, 11) is 1.46. The molecule has 3 aromatic rings. The standard InChI is InChI=1S/C27H27F4N5O2/c1-35-13-17(24(34-35)25(29)30)11-22(37)36-14-18(28)12-21(36)27(38)33-23(16-5-3-2-4-6-16)20-10-9-19(15-7-8-15)26(31)32-20/h2-6,9-10,13,15,18,21,23,25H,7-8,11-12,14H2,1H3,(H,33,38). The number of nitrogens with one attached hydrogen (secondary N) is 1. The third-order valence-corrected chi connectivity index (χ3v) is 6.99. The van der Waals surface area contributed by atoms with Gasteiger partial charge < -0.3 is 10.2 Å². The maximum absolute atomic E-state index is 14.8. The Bertz CT molecular complexity index is 1330. The number of benzene rings is 1. The average Bonchev–Trinajstić information content (AvgIpc) is 3.55. The monoisotopic (exact) mass is 529 g/mol. The van der Waals surface area contributed by atoms with Gasteiger partial charge in [-0.3, -0.25) is 14.3 Å². The van der Waals surface area contributed by atoms with Crippen molar-refractivity contribution in [1.82, 2.24) is 25.0 Å². The first-order valence-electron chi connectivity index (χ1n) is 12.5. The molecule has 1 N–H and O–H groups in total. The van der Waals surface area contributed by atoms with E-state index in [1.807, 2.05) is 0 Å². The van der Waals surface area contributed by atoms with Crippen molar-refractivity contribution in [2.75, 3.05) is 6.54 Å². The molecule has 0 bridgehead atoms. The van der Waals surface area contributed by atoms with Crippen LogP contribution in [-0.2, 0) is 23.1 Å². The van der Waals surface area contributed by atoms with E-state index in [0.717, 1.165) is 17.7 Å². The molecule has 200 valence electrons. The summed E-state index contributed by atoms with van der Waals surface area (Å²) in [6.07, 6.45) is -1.89. The molecule has 11 heteroatoms. The lowest BCUT2D eigenvalue weighted by Crippen LogP contribution is -2.47. The Morgan fingerprint density at radius 3 is 2.53 bits per heavy atom. The first kappa shape index (κ1) is 25.9. The number of rotatable bonds is 8. The van der Waals surface area contributed by atoms with E-state index in [9.17, 15) is 27.2 Å². The summed E-state index contributed by atoms with van der Waals surface area (Å²) >= 11 is 0. The van der Waals surface area contributed by atoms with E-state index in [1.165, 1.54) is 17.9 Å². The molecule has 7 nitrogen and oxygen atoms in total. The van der Waals surface area contributed by atoms with Crippen LogP contribution in [0.2, 0.25) is 0 Å². The summed E-state index contributed by atoms with van der Waals surface area (Å²) < 4.78 is 57.1. The Morgan fingerprint density at radius 1 is 1.13 bits per heavy atom. The minimum atomic E-state index is -2.88. The van der Waals surface area contributed by atoms with Gasteiger partial charge in [0.1, 0.15) is 17.9 Å². The number of nitrogens with zero attached hydrogens (tertiary/aromatic N) is 4. The normalized spacial score (nSPS) is 20.1. The van der Waals surface area contributed by atoms with E-state index in [0.29, 0.717) is 11.1 Å². The van der Waals surface area contributed by atoms with E-state index in [1.54, 1.807) is 42.5 Å². The van der Waals surface area contributed by atoms with Gasteiger partial charge in [-0.25, -0.2) is 18.2 Å². The van der Waals surface area contributed by atoms with Gasteiger partial charge in [-0.1, -0.05) is 36.4 Å². The topological polar surface area (TPSA) is 80.1 Å². The number of aromatic nitrogens is 3. The zero-order valence-corrected chi connectivity index (χ0v) is 20.7. The number of alkyl halides is 3. The largest absolute Gasteiger partial charge is 0.342 e. The summed E-state index contributed by atoms with van der Waals surface area (Å²) in [6.45, 7) is -0.333. The lowest BCUT2D eigenvalue weighted by Gasteiger charge is -2.26. The van der Waals surface area contributed by atoms with Crippen molar-refractivity contribution in [2.24, 2.45) is 7.05 Å². The van der Waals surface area contributed by atoms with E-state index in [2.05, 4.69) is 15.4 Å². The number of halogens is 4. The molecule has 2 fully saturated rings. The number of likely N-dealkylation sites (tertiary alicyclic amines) is 1. The van der Waals surface area contributed by atoms with Crippen LogP contribution in [0.4, 0.5) is 17.6 Å². The Kier molecular flexibility index (Phi) is 7.18. The van der Waals surface area contributed by atoms with Gasteiger partial charge in [0.25, 0.3) is 6.43 Å². The van der Waals surface area contributed by atoms with Crippen LogP contribution in [0, 0.1) is 5.95 Å². The fraction of sp³-hybridized carbons (Fsp3) is 0.407. The summed E-state index contributed by atoms with van der Waals surface area (Å²) in [5.41, 5.74) is 0.946. The lowest BCUT2D eigenvalue weighted by atomic mass is 10.0. The van der Waals surface area contributed by atoms with Gasteiger partial charge in [-0.2, -0.15) is 9.49 Å². The predicted octanol–water partition coefficient (Wildman–Crippen LogP) is 4.16. The van der Waals surface area contributed by atoms with E-state index in [4.69, 9.17) is 0 Å². The molecular weight excluding hydrogens is 502 g/mol. The zero-order valence-electron chi connectivity index (χ0n) is 20.7. The molecule has 0 spiro atoms. The minimum absolute atomic E-state index is 0.0200. The molecule has 5 rings (SSSR count). The summed E-state index contributed by atoms with van der Waals surface area (Å²) in [5, 5.41) is 6.52. The molecule has 3 atom stereocenters. The molecule has 1 aromatic carbocycles. The highest BCUT2D eigenvalue weighted by atomic mass is 19.3. The third kappa shape index (κ3) is 5.41. The Labute approximate surface area is 216 Å². The van der Waals surface area contributed by atoms with Crippen LogP contribution in [0.25, 0.3) is 0 Å². The molecule has 3 heterocycles. The Morgan fingerprint density at radius 2 is 1.87 bits per heavy atom. The highest BCUT2D eigenvalue weighted by Crippen LogP contribution is 2.41. The lowest BCUT2D eigenvalue weighted by molar-refractivity contribution is -0.138. The van der Waals surface area contributed by atoms with Crippen LogP contribution in [0.15, 0.2) is 48.7 Å². The van der Waals surface area contributed by atoms with Crippen molar-refractivity contribution < 1.29 is 27.2 Å². The fourth-order valence-electron chi connectivity index (χ4n) is 4.98. The van der Waals surface area contributed by atoms with Crippen LogP contribution < -0.4 is 5.32 Å². The number of amides is 2. The molecule has 0 radical (unpaired) electrons. The number of carbonyl (C=O) groups excluding carboxylic acids is 2. The Hall–Kier alpha value is -3.76. The van der Waals surface area contributed by atoms with Gasteiger partial charge >= 0.3 is 0 Å². The van der Waals surface area contributed by atoms with Crippen LogP contribution in [0.1, 0.15) is 65.7 Å². The second-order valence-corrected chi connectivity index (χ2v) is 9.83. The van der Waals surface area contributed by atoms with Crippen molar-refractivity contribution in [3.8, 4) is 0 Å². The van der Waals surface area contributed by atoms with Crippen molar-refractivity contribution >= 4 is 11.8 Å². The third-order valence-electron chi connectivity index (χ3n) is 6.99. The maximum Gasteiger partial charge on any atom is 0.282 e. The van der Waals surface area contributed by atoms with Crippen molar-refractivity contribution in [3.63, 3.8) is 0 Å². The molecule has 1 aliphatic heterocycles. The SMILES string of the molecule is Cn1cc(CC(=O)N2CC(F)CC2C(=O)NC(c2ccccc2)c2ccc(C3CC3)c(F)n2)c(C(F)F)n1. The van der Waals surface area contributed by atoms with Gasteiger partial charge in [-0.15, -0.1) is 0 Å². The quantitative estimate of drug-likeness (QED) is 0.351. The number of hydrogen-bond acceptors (Lipinski definition) is 4. The Balaban J connectivity index is 1.38. The minimum Gasteiger partial charge on any atom is -0.342 e. The van der Waals surface area contributed by atoms with Gasteiger partial charge in [-0.05, 0) is 30.4 Å². The van der Waals surface area contributed by atoms with Crippen molar-refractivity contribution in [3.05, 3.63) is 82.7 Å². The van der Waals surface area contributed by atoms with Crippen LogP contribution in [0.3, 0.4) is 0 Å². The molecule has 2 aromatic heterocycles. The second-order valence-electron chi connectivity index (χ2n) is 9.83. The van der Waals surface area contributed by atoms with E-state index >= 15 is 0 Å². The summed E-state index contributed by atoms with van der Waals surface area (Å²) in [6, 6.07) is 10.2. The number of carbonyl (C=O) groups is 2. The molecule has 38 heavy (non-hydrogen) atoms. The number of aryl methyl sites for hydroxylation is 1. The maximum atomic E-state index is 14.8. The molecule has 1 aliphatic carbocycles. The smallest absolute Gasteiger partial charge is 0.282 e. The van der Waals surface area contributed by atoms with E-state index in [-0.39, 0.29) is 30.1 Å². The average molecular weight is 530 g/mol. The summed E-state index contributed by atoms with van der Waals surface area (Å²) in [4.78, 5) is 31.7. The second kappa shape index (κ2) is 10.5.